The molecule has 0 radical (unpaired) electrons. The molecule has 0 aliphatic heterocycles. The average Bonchev–Trinajstić information content (AvgIpc) is 2.52. The van der Waals surface area contributed by atoms with Crippen molar-refractivity contribution in [2.24, 2.45) is 0 Å². The van der Waals surface area contributed by atoms with Gasteiger partial charge in [0, 0.05) is 16.5 Å². The van der Waals surface area contributed by atoms with Crippen molar-refractivity contribution in [1.29, 1.82) is 0 Å². The number of esters is 1. The molecule has 1 heterocycles. The van der Waals surface area contributed by atoms with E-state index in [1.807, 2.05) is 0 Å². The quantitative estimate of drug-likeness (QED) is 0.699. The summed E-state index contributed by atoms with van der Waals surface area (Å²) in [4.78, 5) is 11.5. The maximum Gasteiger partial charge on any atom is 0.342 e. The van der Waals surface area contributed by atoms with Crippen molar-refractivity contribution in [2.45, 2.75) is 6.92 Å². The van der Waals surface area contributed by atoms with Gasteiger partial charge in [0.2, 0.25) is 0 Å². The molecule has 0 N–H and O–H groups in total. The third kappa shape index (κ3) is 1.59. The van der Waals surface area contributed by atoms with Gasteiger partial charge >= 0.3 is 5.97 Å². The Labute approximate surface area is 91.6 Å². The van der Waals surface area contributed by atoms with Crippen molar-refractivity contribution in [3.63, 3.8) is 0 Å². The van der Waals surface area contributed by atoms with Crippen LogP contribution in [0.2, 0.25) is 5.02 Å². The molecule has 0 fully saturated rings. The summed E-state index contributed by atoms with van der Waals surface area (Å²) in [7, 11) is 1.34. The lowest BCUT2D eigenvalue weighted by Gasteiger charge is -1.96. The van der Waals surface area contributed by atoms with Crippen LogP contribution in [0.3, 0.4) is 0 Å². The standard InChI is InChI=1S/C11H9ClO3/c1-6-10(11(13)14-2)8-4-3-7(12)5-9(8)15-6/h3-5H,1-2H3. The lowest BCUT2D eigenvalue weighted by Crippen LogP contribution is -2.01. The number of methoxy groups -OCH3 is 1. The van der Waals surface area contributed by atoms with E-state index < -0.39 is 5.97 Å². The summed E-state index contributed by atoms with van der Waals surface area (Å²) in [6.45, 7) is 1.72. The second kappa shape index (κ2) is 3.59. The van der Waals surface area contributed by atoms with E-state index in [0.29, 0.717) is 21.9 Å². The molecular formula is C11H9ClO3. The zero-order chi connectivity index (χ0) is 11.0. The van der Waals surface area contributed by atoms with E-state index in [1.54, 1.807) is 25.1 Å². The van der Waals surface area contributed by atoms with Crippen LogP contribution in [-0.4, -0.2) is 13.1 Å². The van der Waals surface area contributed by atoms with E-state index in [-0.39, 0.29) is 0 Å². The van der Waals surface area contributed by atoms with Crippen LogP contribution in [0.1, 0.15) is 16.1 Å². The lowest BCUT2D eigenvalue weighted by atomic mass is 10.1. The molecule has 2 aromatic rings. The highest BCUT2D eigenvalue weighted by atomic mass is 35.5. The highest BCUT2D eigenvalue weighted by molar-refractivity contribution is 6.31. The number of furan rings is 1. The van der Waals surface area contributed by atoms with Gasteiger partial charge in [-0.2, -0.15) is 0 Å². The van der Waals surface area contributed by atoms with E-state index in [2.05, 4.69) is 4.74 Å². The number of ether oxygens (including phenoxy) is 1. The first-order chi connectivity index (χ1) is 7.13. The molecule has 0 saturated heterocycles. The molecule has 4 heteroatoms. The molecule has 1 aromatic carbocycles. The molecule has 0 saturated carbocycles. The Morgan fingerprint density at radius 2 is 2.20 bits per heavy atom. The summed E-state index contributed by atoms with van der Waals surface area (Å²) < 4.78 is 10.1. The van der Waals surface area contributed by atoms with Gasteiger partial charge < -0.3 is 9.15 Å². The number of fused-ring (bicyclic) bond motifs is 1. The summed E-state index contributed by atoms with van der Waals surface area (Å²) in [5.41, 5.74) is 1.06. The van der Waals surface area contributed by atoms with Crippen molar-refractivity contribution in [3.8, 4) is 0 Å². The molecule has 15 heavy (non-hydrogen) atoms. The van der Waals surface area contributed by atoms with Crippen molar-refractivity contribution in [2.75, 3.05) is 7.11 Å². The van der Waals surface area contributed by atoms with Crippen LogP contribution >= 0.6 is 11.6 Å². The molecule has 0 unspecified atom stereocenters. The first-order valence-electron chi connectivity index (χ1n) is 4.40. The largest absolute Gasteiger partial charge is 0.465 e. The molecule has 1 aromatic heterocycles. The highest BCUT2D eigenvalue weighted by Gasteiger charge is 2.18. The van der Waals surface area contributed by atoms with Gasteiger partial charge in [-0.1, -0.05) is 11.6 Å². The molecule has 78 valence electrons. The van der Waals surface area contributed by atoms with Crippen LogP contribution in [0.25, 0.3) is 11.0 Å². The number of aryl methyl sites for hydroxylation is 1. The minimum absolute atomic E-state index is 0.395. The van der Waals surface area contributed by atoms with Crippen molar-refractivity contribution >= 4 is 28.5 Å². The maximum atomic E-state index is 11.5. The van der Waals surface area contributed by atoms with Crippen molar-refractivity contribution in [1.82, 2.24) is 0 Å². The molecule has 2 rings (SSSR count). The molecule has 3 nitrogen and oxygen atoms in total. The fourth-order valence-electron chi connectivity index (χ4n) is 1.55. The van der Waals surface area contributed by atoms with E-state index in [1.165, 1.54) is 7.11 Å². The minimum atomic E-state index is -0.395. The molecule has 0 amide bonds. The third-order valence-corrected chi connectivity index (χ3v) is 2.45. The maximum absolute atomic E-state index is 11.5. The van der Waals surface area contributed by atoms with Gasteiger partial charge in [-0.05, 0) is 19.1 Å². The van der Waals surface area contributed by atoms with Crippen LogP contribution in [-0.2, 0) is 4.74 Å². The van der Waals surface area contributed by atoms with Crippen LogP contribution in [0, 0.1) is 6.92 Å². The SMILES string of the molecule is COC(=O)c1c(C)oc2cc(Cl)ccc12. The monoisotopic (exact) mass is 224 g/mol. The van der Waals surface area contributed by atoms with Crippen molar-refractivity contribution < 1.29 is 13.9 Å². The molecule has 0 spiro atoms. The van der Waals surface area contributed by atoms with Crippen LogP contribution in [0.4, 0.5) is 0 Å². The summed E-state index contributed by atoms with van der Waals surface area (Å²) >= 11 is 5.82. The smallest absolute Gasteiger partial charge is 0.342 e. The minimum Gasteiger partial charge on any atom is -0.465 e. The van der Waals surface area contributed by atoms with Gasteiger partial charge in [-0.25, -0.2) is 4.79 Å². The first-order valence-corrected chi connectivity index (χ1v) is 4.78. The molecule has 0 aliphatic carbocycles. The van der Waals surface area contributed by atoms with Gasteiger partial charge in [0.15, 0.2) is 0 Å². The Balaban J connectivity index is 2.73. The van der Waals surface area contributed by atoms with E-state index in [0.717, 1.165) is 5.39 Å². The van der Waals surface area contributed by atoms with Gasteiger partial charge in [0.05, 0.1) is 7.11 Å². The van der Waals surface area contributed by atoms with Crippen molar-refractivity contribution in [3.05, 3.63) is 34.5 Å². The summed E-state index contributed by atoms with van der Waals surface area (Å²) in [6.07, 6.45) is 0. The molecular weight excluding hydrogens is 216 g/mol. The number of carbonyl (C=O) groups excluding carboxylic acids is 1. The average molecular weight is 225 g/mol. The Morgan fingerprint density at radius 3 is 2.87 bits per heavy atom. The van der Waals surface area contributed by atoms with Gasteiger partial charge in [0.1, 0.15) is 16.9 Å². The summed E-state index contributed by atoms with van der Waals surface area (Å²) in [6, 6.07) is 5.14. The number of benzene rings is 1. The van der Waals surface area contributed by atoms with E-state index in [4.69, 9.17) is 16.0 Å². The molecule has 0 atom stereocenters. The second-order valence-corrected chi connectivity index (χ2v) is 3.60. The van der Waals surface area contributed by atoms with Gasteiger partial charge in [-0.15, -0.1) is 0 Å². The summed E-state index contributed by atoms with van der Waals surface area (Å²) in [5, 5.41) is 1.30. The Hall–Kier alpha value is -1.48. The number of halogens is 1. The predicted molar refractivity (Wildman–Crippen MR) is 57.3 cm³/mol. The lowest BCUT2D eigenvalue weighted by molar-refractivity contribution is 0.0601. The number of hydrogen-bond donors (Lipinski definition) is 0. The fourth-order valence-corrected chi connectivity index (χ4v) is 1.71. The predicted octanol–water partition coefficient (Wildman–Crippen LogP) is 3.18. The Bertz CT molecular complexity index is 528. The van der Waals surface area contributed by atoms with E-state index in [9.17, 15) is 4.79 Å². The molecule has 0 bridgehead atoms. The van der Waals surface area contributed by atoms with E-state index >= 15 is 0 Å². The topological polar surface area (TPSA) is 39.4 Å². The van der Waals surface area contributed by atoms with Crippen LogP contribution in [0.5, 0.6) is 0 Å². The zero-order valence-corrected chi connectivity index (χ0v) is 9.09. The fraction of sp³-hybridized carbons (Fsp3) is 0.182. The van der Waals surface area contributed by atoms with Gasteiger partial charge in [0.25, 0.3) is 0 Å². The normalized spacial score (nSPS) is 10.6. The van der Waals surface area contributed by atoms with Crippen LogP contribution < -0.4 is 0 Å². The zero-order valence-electron chi connectivity index (χ0n) is 8.33. The first kappa shape index (κ1) is 10.1. The Morgan fingerprint density at radius 1 is 1.47 bits per heavy atom. The number of carbonyl (C=O) groups is 1. The van der Waals surface area contributed by atoms with Crippen LogP contribution in [0.15, 0.2) is 22.6 Å². The molecule has 0 aliphatic rings. The highest BCUT2D eigenvalue weighted by Crippen LogP contribution is 2.28. The number of hydrogen-bond acceptors (Lipinski definition) is 3. The Kier molecular flexibility index (Phi) is 2.40. The third-order valence-electron chi connectivity index (χ3n) is 2.22. The summed E-state index contributed by atoms with van der Waals surface area (Å²) in [5.74, 6) is 0.146. The number of rotatable bonds is 1. The van der Waals surface area contributed by atoms with Gasteiger partial charge in [-0.3, -0.25) is 0 Å². The second-order valence-electron chi connectivity index (χ2n) is 3.17.